The summed E-state index contributed by atoms with van der Waals surface area (Å²) in [6.07, 6.45) is 0.0193. The first kappa shape index (κ1) is 16.7. The van der Waals surface area contributed by atoms with Gasteiger partial charge in [-0.05, 0) is 48.9 Å². The fourth-order valence-electron chi connectivity index (χ4n) is 2.01. The van der Waals surface area contributed by atoms with Gasteiger partial charge in [0.1, 0.15) is 11.6 Å². The summed E-state index contributed by atoms with van der Waals surface area (Å²) in [5.74, 6) is 0.00967. The molecule has 0 saturated heterocycles. The van der Waals surface area contributed by atoms with Crippen molar-refractivity contribution in [1.82, 2.24) is 0 Å². The predicted octanol–water partition coefficient (Wildman–Crippen LogP) is 3.91. The highest BCUT2D eigenvalue weighted by Gasteiger charge is 2.11. The number of rotatable bonds is 6. The predicted molar refractivity (Wildman–Crippen MR) is 86.8 cm³/mol. The van der Waals surface area contributed by atoms with Crippen LogP contribution in [0.5, 0.6) is 5.75 Å². The third-order valence-electron chi connectivity index (χ3n) is 3.13. The van der Waals surface area contributed by atoms with Crippen LogP contribution >= 0.6 is 0 Å². The Hall–Kier alpha value is -2.69. The molecule has 23 heavy (non-hydrogen) atoms. The molecule has 0 fully saturated rings. The quantitative estimate of drug-likeness (QED) is 0.600. The number of methoxy groups -OCH3 is 1. The smallest absolute Gasteiger partial charge is 0.311 e. The van der Waals surface area contributed by atoms with Gasteiger partial charge in [0.2, 0.25) is 0 Å². The summed E-state index contributed by atoms with van der Waals surface area (Å²) < 4.78 is 23.2. The van der Waals surface area contributed by atoms with E-state index >= 15 is 0 Å². The van der Waals surface area contributed by atoms with Crippen LogP contribution in [0.25, 0.3) is 0 Å². The Morgan fingerprint density at radius 1 is 1.09 bits per heavy atom. The van der Waals surface area contributed by atoms with Crippen LogP contribution in [0.3, 0.4) is 0 Å². The van der Waals surface area contributed by atoms with Crippen molar-refractivity contribution in [3.05, 3.63) is 59.9 Å². The van der Waals surface area contributed by atoms with Crippen molar-refractivity contribution in [2.24, 2.45) is 4.99 Å². The fourth-order valence-corrected chi connectivity index (χ4v) is 2.01. The Morgan fingerprint density at radius 3 is 2.30 bits per heavy atom. The molecule has 0 unspecified atom stereocenters. The number of hydrogen-bond acceptors (Lipinski definition) is 4. The molecule has 0 amide bonds. The number of halogens is 1. The van der Waals surface area contributed by atoms with E-state index in [1.165, 1.54) is 12.1 Å². The van der Waals surface area contributed by atoms with Crippen molar-refractivity contribution in [2.75, 3.05) is 13.7 Å². The second kappa shape index (κ2) is 8.08. The Kier molecular flexibility index (Phi) is 5.86. The van der Waals surface area contributed by atoms with Crippen LogP contribution in [-0.4, -0.2) is 25.4 Å². The molecule has 4 nitrogen and oxygen atoms in total. The van der Waals surface area contributed by atoms with Crippen LogP contribution < -0.4 is 4.74 Å². The van der Waals surface area contributed by atoms with E-state index in [2.05, 4.69) is 4.99 Å². The molecule has 0 aliphatic heterocycles. The fraction of sp³-hybridized carbons (Fsp3) is 0.222. The largest absolute Gasteiger partial charge is 0.497 e. The first-order chi connectivity index (χ1) is 11.1. The zero-order chi connectivity index (χ0) is 16.7. The number of ether oxygens (including phenoxy) is 2. The molecule has 0 bridgehead atoms. The number of carbonyl (C=O) groups excluding carboxylic acids is 1. The minimum Gasteiger partial charge on any atom is -0.497 e. The molecule has 0 aliphatic carbocycles. The van der Waals surface area contributed by atoms with Gasteiger partial charge in [-0.1, -0.05) is 12.1 Å². The molecule has 5 heteroatoms. The van der Waals surface area contributed by atoms with Crippen LogP contribution in [0.15, 0.2) is 53.5 Å². The van der Waals surface area contributed by atoms with Gasteiger partial charge in [-0.3, -0.25) is 9.79 Å². The van der Waals surface area contributed by atoms with E-state index in [0.29, 0.717) is 23.6 Å². The molecular formula is C18H18FNO3. The average Bonchev–Trinajstić information content (AvgIpc) is 2.56. The maximum atomic E-state index is 13.1. The number of nitrogens with zero attached hydrogens (tertiary/aromatic N) is 1. The summed E-state index contributed by atoms with van der Waals surface area (Å²) in [4.78, 5) is 16.3. The highest BCUT2D eigenvalue weighted by atomic mass is 19.1. The van der Waals surface area contributed by atoms with E-state index in [-0.39, 0.29) is 18.2 Å². The second-order valence-electron chi connectivity index (χ2n) is 4.75. The highest BCUT2D eigenvalue weighted by molar-refractivity contribution is 6.10. The van der Waals surface area contributed by atoms with Crippen LogP contribution in [0, 0.1) is 5.82 Å². The van der Waals surface area contributed by atoms with Crippen LogP contribution in [-0.2, 0) is 9.53 Å². The normalized spacial score (nSPS) is 11.2. The Labute approximate surface area is 134 Å². The van der Waals surface area contributed by atoms with Gasteiger partial charge < -0.3 is 9.47 Å². The molecule has 0 aromatic heterocycles. The lowest BCUT2D eigenvalue weighted by molar-refractivity contribution is -0.141. The Morgan fingerprint density at radius 2 is 1.74 bits per heavy atom. The number of esters is 1. The Bertz CT molecular complexity index is 678. The molecular weight excluding hydrogens is 297 g/mol. The van der Waals surface area contributed by atoms with Gasteiger partial charge in [-0.25, -0.2) is 4.39 Å². The molecule has 0 N–H and O–H groups in total. The molecule has 0 aliphatic rings. The molecule has 0 atom stereocenters. The van der Waals surface area contributed by atoms with Gasteiger partial charge in [-0.15, -0.1) is 0 Å². The van der Waals surface area contributed by atoms with Crippen LogP contribution in [0.1, 0.15) is 18.9 Å². The zero-order valence-electron chi connectivity index (χ0n) is 13.1. The zero-order valence-corrected chi connectivity index (χ0v) is 13.1. The molecule has 2 rings (SSSR count). The lowest BCUT2D eigenvalue weighted by atomic mass is 10.1. The maximum Gasteiger partial charge on any atom is 0.311 e. The van der Waals surface area contributed by atoms with E-state index in [4.69, 9.17) is 9.47 Å². The highest BCUT2D eigenvalue weighted by Crippen LogP contribution is 2.20. The van der Waals surface area contributed by atoms with E-state index in [1.54, 1.807) is 50.4 Å². The van der Waals surface area contributed by atoms with Crippen molar-refractivity contribution in [1.29, 1.82) is 0 Å². The first-order valence-electron chi connectivity index (χ1n) is 7.25. The van der Waals surface area contributed by atoms with Gasteiger partial charge in [-0.2, -0.15) is 0 Å². The Balaban J connectivity index is 2.32. The summed E-state index contributed by atoms with van der Waals surface area (Å²) in [6.45, 7) is 2.05. The molecule has 0 heterocycles. The van der Waals surface area contributed by atoms with Crippen LogP contribution in [0.2, 0.25) is 0 Å². The molecule has 2 aromatic carbocycles. The first-order valence-corrected chi connectivity index (χ1v) is 7.25. The van der Waals surface area contributed by atoms with Gasteiger partial charge >= 0.3 is 5.97 Å². The molecule has 0 radical (unpaired) electrons. The number of aliphatic imine (C=N–C) groups is 1. The number of hydrogen-bond donors (Lipinski definition) is 0. The van der Waals surface area contributed by atoms with Crippen LogP contribution in [0.4, 0.5) is 10.1 Å². The summed E-state index contributed by atoms with van der Waals surface area (Å²) in [6, 6.07) is 13.0. The van der Waals surface area contributed by atoms with Crippen molar-refractivity contribution < 1.29 is 18.7 Å². The summed E-state index contributed by atoms with van der Waals surface area (Å²) in [5, 5.41) is 0. The van der Waals surface area contributed by atoms with Gasteiger partial charge in [0.25, 0.3) is 0 Å². The average molecular weight is 315 g/mol. The van der Waals surface area contributed by atoms with E-state index in [9.17, 15) is 9.18 Å². The number of benzene rings is 2. The van der Waals surface area contributed by atoms with E-state index in [1.807, 2.05) is 0 Å². The summed E-state index contributed by atoms with van der Waals surface area (Å²) in [5.41, 5.74) is 1.87. The molecule has 120 valence electrons. The van der Waals surface area contributed by atoms with Crippen molar-refractivity contribution in [2.45, 2.75) is 13.3 Å². The topological polar surface area (TPSA) is 47.9 Å². The molecule has 2 aromatic rings. The van der Waals surface area contributed by atoms with Crippen molar-refractivity contribution >= 4 is 17.4 Å². The minimum absolute atomic E-state index is 0.0193. The summed E-state index contributed by atoms with van der Waals surface area (Å²) >= 11 is 0. The lowest BCUT2D eigenvalue weighted by Gasteiger charge is -2.08. The van der Waals surface area contributed by atoms with E-state index < -0.39 is 0 Å². The maximum absolute atomic E-state index is 13.1. The number of carbonyl (C=O) groups is 1. The van der Waals surface area contributed by atoms with Crippen molar-refractivity contribution in [3.63, 3.8) is 0 Å². The standard InChI is InChI=1S/C18H18FNO3/c1-3-23-18(21)12-17(13-4-6-14(19)7-5-13)20-15-8-10-16(22-2)11-9-15/h4-11H,3,12H2,1-2H3. The van der Waals surface area contributed by atoms with Gasteiger partial charge in [0.05, 0.1) is 31.5 Å². The van der Waals surface area contributed by atoms with Gasteiger partial charge in [0.15, 0.2) is 0 Å². The van der Waals surface area contributed by atoms with E-state index in [0.717, 1.165) is 5.75 Å². The second-order valence-corrected chi connectivity index (χ2v) is 4.75. The monoisotopic (exact) mass is 315 g/mol. The third kappa shape index (κ3) is 4.92. The lowest BCUT2D eigenvalue weighted by Crippen LogP contribution is -2.12. The minimum atomic E-state index is -0.371. The molecule has 0 saturated carbocycles. The third-order valence-corrected chi connectivity index (χ3v) is 3.13. The van der Waals surface area contributed by atoms with Crippen molar-refractivity contribution in [3.8, 4) is 5.75 Å². The molecule has 0 spiro atoms. The van der Waals surface area contributed by atoms with Gasteiger partial charge in [0, 0.05) is 0 Å². The SMILES string of the molecule is CCOC(=O)CC(=Nc1ccc(OC)cc1)c1ccc(F)cc1. The summed E-state index contributed by atoms with van der Waals surface area (Å²) in [7, 11) is 1.59.